The number of Topliss-reactive ketones (excluding diaryl/α,β-unsaturated/α-hetero) is 1. The maximum atomic E-state index is 11.5. The van der Waals surface area contributed by atoms with Crippen LogP contribution >= 0.6 is 0 Å². The summed E-state index contributed by atoms with van der Waals surface area (Å²) in [6, 6.07) is 3.29. The van der Waals surface area contributed by atoms with Gasteiger partial charge in [0.2, 0.25) is 0 Å². The molecule has 0 radical (unpaired) electrons. The summed E-state index contributed by atoms with van der Waals surface area (Å²) in [5, 5.41) is 24.3. The fourth-order valence-electron chi connectivity index (χ4n) is 3.07. The highest BCUT2D eigenvalue weighted by molar-refractivity contribution is 5.97. The van der Waals surface area contributed by atoms with Gasteiger partial charge in [-0.2, -0.15) is 5.21 Å². The number of phenolic OH excluding ortho intramolecular Hbond substituents is 1. The highest BCUT2D eigenvalue weighted by atomic mass is 16.5. The van der Waals surface area contributed by atoms with Gasteiger partial charge in [-0.3, -0.25) is 4.79 Å². The number of aryl methyl sites for hydroxylation is 1. The molecule has 0 saturated heterocycles. The summed E-state index contributed by atoms with van der Waals surface area (Å²) in [4.78, 5) is 11.5. The van der Waals surface area contributed by atoms with Crippen molar-refractivity contribution < 1.29 is 14.6 Å². The summed E-state index contributed by atoms with van der Waals surface area (Å²) in [5.74, 6) is 1.26. The Kier molecular flexibility index (Phi) is 7.33. The number of tetrazole rings is 1. The zero-order valence-electron chi connectivity index (χ0n) is 16.7. The molecule has 0 unspecified atom stereocenters. The van der Waals surface area contributed by atoms with E-state index in [2.05, 4.69) is 34.5 Å². The average Bonchev–Trinajstić information content (AvgIpc) is 3.16. The molecular weight excluding hydrogens is 344 g/mol. The van der Waals surface area contributed by atoms with Crippen LogP contribution in [0.4, 0.5) is 0 Å². The molecule has 0 aliphatic carbocycles. The van der Waals surface area contributed by atoms with Crippen molar-refractivity contribution in [3.05, 3.63) is 29.1 Å². The average molecular weight is 374 g/mol. The Labute approximate surface area is 160 Å². The van der Waals surface area contributed by atoms with E-state index in [-0.39, 0.29) is 16.9 Å². The van der Waals surface area contributed by atoms with Gasteiger partial charge in [-0.25, -0.2) is 0 Å². The van der Waals surface area contributed by atoms with Crippen LogP contribution in [-0.4, -0.2) is 38.1 Å². The van der Waals surface area contributed by atoms with E-state index in [1.807, 2.05) is 6.92 Å². The summed E-state index contributed by atoms with van der Waals surface area (Å²) in [5.41, 5.74) is 1.22. The molecule has 148 valence electrons. The first kappa shape index (κ1) is 20.9. The predicted octanol–water partition coefficient (Wildman–Crippen LogP) is 3.98. The molecule has 1 aromatic heterocycles. The fourth-order valence-corrected chi connectivity index (χ4v) is 3.07. The van der Waals surface area contributed by atoms with E-state index < -0.39 is 0 Å². The molecule has 0 fully saturated rings. The number of benzene rings is 1. The number of rotatable bonds is 11. The fraction of sp³-hybridized carbons (Fsp3) is 0.600. The van der Waals surface area contributed by atoms with Gasteiger partial charge < -0.3 is 9.84 Å². The topological polar surface area (TPSA) is 101 Å². The summed E-state index contributed by atoms with van der Waals surface area (Å²) in [6.07, 6.45) is 5.98. The highest BCUT2D eigenvalue weighted by Crippen LogP contribution is 2.30. The maximum absolute atomic E-state index is 11.5. The van der Waals surface area contributed by atoms with E-state index in [9.17, 15) is 9.90 Å². The van der Waals surface area contributed by atoms with Crippen LogP contribution in [-0.2, 0) is 11.8 Å². The number of hydrogen-bond acceptors (Lipinski definition) is 6. The van der Waals surface area contributed by atoms with E-state index in [4.69, 9.17) is 4.74 Å². The van der Waals surface area contributed by atoms with Crippen molar-refractivity contribution in [2.45, 2.75) is 71.6 Å². The third kappa shape index (κ3) is 5.77. The van der Waals surface area contributed by atoms with Crippen LogP contribution in [0.25, 0.3) is 0 Å². The summed E-state index contributed by atoms with van der Waals surface area (Å²) < 4.78 is 5.85. The van der Waals surface area contributed by atoms with E-state index in [1.54, 1.807) is 12.1 Å². The lowest BCUT2D eigenvalue weighted by Crippen LogP contribution is -2.19. The third-order valence-electron chi connectivity index (χ3n) is 4.84. The van der Waals surface area contributed by atoms with E-state index in [1.165, 1.54) is 6.92 Å². The van der Waals surface area contributed by atoms with Gasteiger partial charge in [-0.1, -0.05) is 45.2 Å². The highest BCUT2D eigenvalue weighted by Gasteiger charge is 2.24. The monoisotopic (exact) mass is 374 g/mol. The molecule has 0 saturated carbocycles. The zero-order valence-corrected chi connectivity index (χ0v) is 16.7. The van der Waals surface area contributed by atoms with Crippen LogP contribution in [0.5, 0.6) is 11.5 Å². The number of ether oxygens (including phenoxy) is 1. The number of ketones is 1. The standard InChI is InChI=1S/C20H30N4O3/c1-5-15-12-16(14(2)25)17(26)13-18(15)27-11-9-7-6-8-10-20(3,4)19-21-23-24-22-19/h12-13,26H,5-11H2,1-4H3,(H,21,22,23,24). The minimum Gasteiger partial charge on any atom is -0.507 e. The Morgan fingerprint density at radius 2 is 1.96 bits per heavy atom. The number of aromatic nitrogens is 4. The Morgan fingerprint density at radius 3 is 2.59 bits per heavy atom. The molecular formula is C20H30N4O3. The quantitative estimate of drug-likeness (QED) is 0.456. The lowest BCUT2D eigenvalue weighted by molar-refractivity contribution is 0.101. The second-order valence-corrected chi connectivity index (χ2v) is 7.52. The van der Waals surface area contributed by atoms with E-state index in [0.717, 1.165) is 49.9 Å². The summed E-state index contributed by atoms with van der Waals surface area (Å²) in [7, 11) is 0. The first-order valence-corrected chi connectivity index (χ1v) is 9.58. The molecule has 0 atom stereocenters. The first-order chi connectivity index (χ1) is 12.8. The van der Waals surface area contributed by atoms with Gasteiger partial charge in [-0.15, -0.1) is 10.2 Å². The van der Waals surface area contributed by atoms with E-state index >= 15 is 0 Å². The molecule has 1 heterocycles. The van der Waals surface area contributed by atoms with Gasteiger partial charge in [0.25, 0.3) is 0 Å². The van der Waals surface area contributed by atoms with Crippen molar-refractivity contribution in [3.8, 4) is 11.5 Å². The number of hydrogen-bond donors (Lipinski definition) is 2. The van der Waals surface area contributed by atoms with Crippen molar-refractivity contribution in [1.82, 2.24) is 20.6 Å². The molecule has 7 nitrogen and oxygen atoms in total. The number of unbranched alkanes of at least 4 members (excludes halogenated alkanes) is 3. The van der Waals surface area contributed by atoms with Crippen molar-refractivity contribution in [2.24, 2.45) is 0 Å². The van der Waals surface area contributed by atoms with Crippen LogP contribution in [0.3, 0.4) is 0 Å². The van der Waals surface area contributed by atoms with Gasteiger partial charge >= 0.3 is 0 Å². The molecule has 2 N–H and O–H groups in total. The molecule has 0 spiro atoms. The van der Waals surface area contributed by atoms with Gasteiger partial charge in [-0.05, 0) is 37.8 Å². The zero-order chi connectivity index (χ0) is 19.9. The SMILES string of the molecule is CCc1cc(C(C)=O)c(O)cc1OCCCCCCC(C)(C)c1nn[nH]n1. The Morgan fingerprint density at radius 1 is 1.22 bits per heavy atom. The van der Waals surface area contributed by atoms with Crippen LogP contribution in [0, 0.1) is 0 Å². The minimum atomic E-state index is -0.141. The number of phenols is 1. The van der Waals surface area contributed by atoms with Crippen LogP contribution < -0.4 is 4.74 Å². The molecule has 0 aliphatic rings. The van der Waals surface area contributed by atoms with Crippen molar-refractivity contribution in [2.75, 3.05) is 6.61 Å². The summed E-state index contributed by atoms with van der Waals surface area (Å²) >= 11 is 0. The number of carbonyl (C=O) groups excluding carboxylic acids is 1. The lowest BCUT2D eigenvalue weighted by atomic mass is 9.86. The Bertz CT molecular complexity index is 742. The molecule has 2 aromatic rings. The number of aromatic amines is 1. The number of nitrogens with zero attached hydrogens (tertiary/aromatic N) is 3. The summed E-state index contributed by atoms with van der Waals surface area (Å²) in [6.45, 7) is 8.32. The van der Waals surface area contributed by atoms with Crippen LogP contribution in [0.1, 0.15) is 81.5 Å². The Hall–Kier alpha value is -2.44. The molecule has 0 amide bonds. The van der Waals surface area contributed by atoms with Gasteiger partial charge in [0.15, 0.2) is 11.6 Å². The second-order valence-electron chi connectivity index (χ2n) is 7.52. The van der Waals surface area contributed by atoms with E-state index in [0.29, 0.717) is 17.9 Å². The van der Waals surface area contributed by atoms with Crippen LogP contribution in [0.2, 0.25) is 0 Å². The molecule has 0 aliphatic heterocycles. The predicted molar refractivity (Wildman–Crippen MR) is 103 cm³/mol. The normalized spacial score (nSPS) is 11.6. The van der Waals surface area contributed by atoms with Crippen LogP contribution in [0.15, 0.2) is 12.1 Å². The number of carbonyl (C=O) groups is 1. The molecule has 7 heteroatoms. The first-order valence-electron chi connectivity index (χ1n) is 9.58. The molecule has 0 bridgehead atoms. The van der Waals surface area contributed by atoms with Gasteiger partial charge in [0.05, 0.1) is 12.2 Å². The minimum absolute atomic E-state index is 0.0154. The van der Waals surface area contributed by atoms with Crippen molar-refractivity contribution in [3.63, 3.8) is 0 Å². The third-order valence-corrected chi connectivity index (χ3v) is 4.84. The van der Waals surface area contributed by atoms with Gasteiger partial charge in [0.1, 0.15) is 11.5 Å². The smallest absolute Gasteiger partial charge is 0.180 e. The lowest BCUT2D eigenvalue weighted by Gasteiger charge is -2.19. The number of H-pyrrole nitrogens is 1. The molecule has 2 rings (SSSR count). The molecule has 1 aromatic carbocycles. The largest absolute Gasteiger partial charge is 0.507 e. The molecule has 27 heavy (non-hydrogen) atoms. The van der Waals surface area contributed by atoms with Crippen molar-refractivity contribution >= 4 is 5.78 Å². The number of aromatic hydroxyl groups is 1. The number of nitrogens with one attached hydrogen (secondary N) is 1. The second kappa shape index (κ2) is 9.48. The Balaban J connectivity index is 1.73. The van der Waals surface area contributed by atoms with Gasteiger partial charge in [0, 0.05) is 11.5 Å². The van der Waals surface area contributed by atoms with Crippen molar-refractivity contribution in [1.29, 1.82) is 0 Å². The maximum Gasteiger partial charge on any atom is 0.180 e.